The van der Waals surface area contributed by atoms with Gasteiger partial charge in [-0.1, -0.05) is 18.2 Å². The van der Waals surface area contributed by atoms with E-state index in [1.54, 1.807) is 17.9 Å². The van der Waals surface area contributed by atoms with Gasteiger partial charge in [-0.05, 0) is 26.7 Å². The van der Waals surface area contributed by atoms with Crippen molar-refractivity contribution < 1.29 is 14.3 Å². The van der Waals surface area contributed by atoms with E-state index in [0.29, 0.717) is 13.2 Å². The molecule has 0 aromatic heterocycles. The van der Waals surface area contributed by atoms with Crippen molar-refractivity contribution in [3.63, 3.8) is 0 Å². The predicted molar refractivity (Wildman–Crippen MR) is 69.9 cm³/mol. The molecule has 0 aliphatic carbocycles. The smallest absolute Gasteiger partial charge is 0.310 e. The van der Waals surface area contributed by atoms with E-state index in [2.05, 4.69) is 0 Å². The minimum atomic E-state index is -0.188. The van der Waals surface area contributed by atoms with E-state index in [1.165, 1.54) is 6.08 Å². The van der Waals surface area contributed by atoms with Gasteiger partial charge in [-0.25, -0.2) is 0 Å². The van der Waals surface area contributed by atoms with Gasteiger partial charge in [-0.15, -0.1) is 0 Å². The Balaban J connectivity index is 2.52. The molecule has 1 heterocycles. The molecule has 1 aliphatic heterocycles. The van der Waals surface area contributed by atoms with Crippen LogP contribution >= 0.6 is 0 Å². The first-order valence-corrected chi connectivity index (χ1v) is 6.44. The molecule has 0 spiro atoms. The van der Waals surface area contributed by atoms with Crippen LogP contribution in [0.1, 0.15) is 26.7 Å². The zero-order valence-corrected chi connectivity index (χ0v) is 11.1. The first-order valence-electron chi connectivity index (χ1n) is 6.44. The van der Waals surface area contributed by atoms with Crippen molar-refractivity contribution in [2.24, 2.45) is 5.92 Å². The Kier molecular flexibility index (Phi) is 6.19. The van der Waals surface area contributed by atoms with Crippen LogP contribution in [0.15, 0.2) is 24.3 Å². The lowest BCUT2D eigenvalue weighted by Crippen LogP contribution is -2.42. The van der Waals surface area contributed by atoms with Crippen LogP contribution < -0.4 is 0 Å². The molecule has 1 atom stereocenters. The van der Waals surface area contributed by atoms with Gasteiger partial charge >= 0.3 is 5.97 Å². The second-order valence-electron chi connectivity index (χ2n) is 4.26. The number of carbonyl (C=O) groups excluding carboxylic acids is 2. The highest BCUT2D eigenvalue weighted by atomic mass is 16.5. The van der Waals surface area contributed by atoms with Gasteiger partial charge in [0.2, 0.25) is 5.91 Å². The van der Waals surface area contributed by atoms with Crippen LogP contribution in [0.2, 0.25) is 0 Å². The molecule has 0 aromatic rings. The van der Waals surface area contributed by atoms with Crippen molar-refractivity contribution in [2.45, 2.75) is 26.7 Å². The molecule has 18 heavy (non-hydrogen) atoms. The highest BCUT2D eigenvalue weighted by Gasteiger charge is 2.28. The van der Waals surface area contributed by atoms with Gasteiger partial charge in [0.05, 0.1) is 12.5 Å². The van der Waals surface area contributed by atoms with Gasteiger partial charge < -0.3 is 9.64 Å². The first-order chi connectivity index (χ1) is 8.69. The summed E-state index contributed by atoms with van der Waals surface area (Å²) in [6.45, 7) is 5.27. The monoisotopic (exact) mass is 251 g/mol. The molecule has 4 nitrogen and oxygen atoms in total. The normalized spacial score (nSPS) is 20.6. The fraction of sp³-hybridized carbons (Fsp3) is 0.571. The number of carbonyl (C=O) groups is 2. The largest absolute Gasteiger partial charge is 0.466 e. The predicted octanol–water partition coefficient (Wildman–Crippen LogP) is 1.92. The standard InChI is InChI=1S/C14H21NO3/c1-3-5-6-9-13(16)15-10-7-8-12(11-15)14(17)18-4-2/h3,5-6,9,12H,4,7-8,10-11H2,1-2H3/b5-3?,9-6+/t12-/m1/s1. The Morgan fingerprint density at radius 1 is 1.39 bits per heavy atom. The lowest BCUT2D eigenvalue weighted by atomic mass is 9.98. The first kappa shape index (κ1) is 14.5. The average molecular weight is 251 g/mol. The number of ether oxygens (including phenoxy) is 1. The quantitative estimate of drug-likeness (QED) is 0.435. The molecule has 1 aliphatic rings. The summed E-state index contributed by atoms with van der Waals surface area (Å²) in [6.07, 6.45) is 8.59. The van der Waals surface area contributed by atoms with E-state index in [-0.39, 0.29) is 17.8 Å². The van der Waals surface area contributed by atoms with Crippen LogP contribution in [-0.2, 0) is 14.3 Å². The highest BCUT2D eigenvalue weighted by molar-refractivity contribution is 5.88. The molecule has 0 saturated carbocycles. The number of hydrogen-bond donors (Lipinski definition) is 0. The maximum absolute atomic E-state index is 11.9. The van der Waals surface area contributed by atoms with E-state index < -0.39 is 0 Å². The van der Waals surface area contributed by atoms with Gasteiger partial charge in [0, 0.05) is 19.2 Å². The molecular formula is C14H21NO3. The molecule has 0 N–H and O–H groups in total. The van der Waals surface area contributed by atoms with Crippen molar-refractivity contribution in [3.8, 4) is 0 Å². The van der Waals surface area contributed by atoms with Crippen LogP contribution in [0.3, 0.4) is 0 Å². The Labute approximate surface area is 108 Å². The number of rotatable bonds is 4. The van der Waals surface area contributed by atoms with Crippen LogP contribution in [0.4, 0.5) is 0 Å². The van der Waals surface area contributed by atoms with Crippen molar-refractivity contribution in [1.82, 2.24) is 4.90 Å². The molecule has 1 rings (SSSR count). The Hall–Kier alpha value is -1.58. The fourth-order valence-corrected chi connectivity index (χ4v) is 1.98. The third kappa shape index (κ3) is 4.35. The molecule has 100 valence electrons. The van der Waals surface area contributed by atoms with E-state index >= 15 is 0 Å². The summed E-state index contributed by atoms with van der Waals surface area (Å²) < 4.78 is 5.00. The SMILES string of the molecule is CC=C/C=C/C(=O)N1CCC[C@@H](C(=O)OCC)C1. The molecular weight excluding hydrogens is 230 g/mol. The summed E-state index contributed by atoms with van der Waals surface area (Å²) >= 11 is 0. The van der Waals surface area contributed by atoms with Gasteiger partial charge in [-0.2, -0.15) is 0 Å². The van der Waals surface area contributed by atoms with Crippen LogP contribution in [-0.4, -0.2) is 36.5 Å². The summed E-state index contributed by atoms with van der Waals surface area (Å²) in [4.78, 5) is 25.2. The summed E-state index contributed by atoms with van der Waals surface area (Å²) in [7, 11) is 0. The van der Waals surface area contributed by atoms with E-state index in [4.69, 9.17) is 4.74 Å². The van der Waals surface area contributed by atoms with Crippen molar-refractivity contribution in [1.29, 1.82) is 0 Å². The molecule has 1 amide bonds. The van der Waals surface area contributed by atoms with Crippen LogP contribution in [0.5, 0.6) is 0 Å². The summed E-state index contributed by atoms with van der Waals surface area (Å²) in [5, 5.41) is 0. The molecule has 4 heteroatoms. The zero-order valence-electron chi connectivity index (χ0n) is 11.1. The van der Waals surface area contributed by atoms with Crippen molar-refractivity contribution in [3.05, 3.63) is 24.3 Å². The van der Waals surface area contributed by atoms with Gasteiger partial charge in [0.25, 0.3) is 0 Å². The average Bonchev–Trinajstić information content (AvgIpc) is 2.39. The molecule has 1 saturated heterocycles. The fourth-order valence-electron chi connectivity index (χ4n) is 1.98. The molecule has 1 fully saturated rings. The van der Waals surface area contributed by atoms with E-state index in [9.17, 15) is 9.59 Å². The third-order valence-electron chi connectivity index (χ3n) is 2.90. The lowest BCUT2D eigenvalue weighted by Gasteiger charge is -2.30. The van der Waals surface area contributed by atoms with Gasteiger partial charge in [-0.3, -0.25) is 9.59 Å². The van der Waals surface area contributed by atoms with Crippen LogP contribution in [0, 0.1) is 5.92 Å². The van der Waals surface area contributed by atoms with Gasteiger partial charge in [0.1, 0.15) is 0 Å². The van der Waals surface area contributed by atoms with Crippen molar-refractivity contribution >= 4 is 11.9 Å². The molecule has 0 unspecified atom stereocenters. The lowest BCUT2D eigenvalue weighted by molar-refractivity contribution is -0.150. The second kappa shape index (κ2) is 7.69. The maximum Gasteiger partial charge on any atom is 0.310 e. The number of likely N-dealkylation sites (tertiary alicyclic amines) is 1. The highest BCUT2D eigenvalue weighted by Crippen LogP contribution is 2.18. The second-order valence-corrected chi connectivity index (χ2v) is 4.26. The number of piperidine rings is 1. The Bertz CT molecular complexity index is 347. The van der Waals surface area contributed by atoms with E-state index in [0.717, 1.165) is 19.4 Å². The number of allylic oxidation sites excluding steroid dienone is 3. The molecule has 0 radical (unpaired) electrons. The third-order valence-corrected chi connectivity index (χ3v) is 2.90. The summed E-state index contributed by atoms with van der Waals surface area (Å²) in [6, 6.07) is 0. The van der Waals surface area contributed by atoms with Gasteiger partial charge in [0.15, 0.2) is 0 Å². The minimum Gasteiger partial charge on any atom is -0.466 e. The van der Waals surface area contributed by atoms with Crippen LogP contribution in [0.25, 0.3) is 0 Å². The molecule has 0 aromatic carbocycles. The topological polar surface area (TPSA) is 46.6 Å². The number of nitrogens with zero attached hydrogens (tertiary/aromatic N) is 1. The zero-order chi connectivity index (χ0) is 13.4. The summed E-state index contributed by atoms with van der Waals surface area (Å²) in [5.74, 6) is -0.396. The maximum atomic E-state index is 11.9. The van der Waals surface area contributed by atoms with Crippen molar-refractivity contribution in [2.75, 3.05) is 19.7 Å². The minimum absolute atomic E-state index is 0.0397. The number of esters is 1. The number of amides is 1. The number of hydrogen-bond acceptors (Lipinski definition) is 3. The van der Waals surface area contributed by atoms with E-state index in [1.807, 2.05) is 19.1 Å². The Morgan fingerprint density at radius 3 is 2.83 bits per heavy atom. The Morgan fingerprint density at radius 2 is 2.17 bits per heavy atom. The molecule has 0 bridgehead atoms. The summed E-state index contributed by atoms with van der Waals surface area (Å²) in [5.41, 5.74) is 0.